The van der Waals surface area contributed by atoms with E-state index in [9.17, 15) is 0 Å². The van der Waals surface area contributed by atoms with Crippen molar-refractivity contribution in [3.05, 3.63) is 24.3 Å². The molecule has 0 fully saturated rings. The maximum absolute atomic E-state index is 5.49. The predicted molar refractivity (Wildman–Crippen MR) is 49.4 cm³/mol. The monoisotopic (exact) mass is 175 g/mol. The first-order chi connectivity index (χ1) is 6.36. The van der Waals surface area contributed by atoms with E-state index in [1.165, 1.54) is 6.33 Å². The lowest BCUT2D eigenvalue weighted by molar-refractivity contribution is 1.00. The molecule has 13 heavy (non-hydrogen) atoms. The average molecular weight is 175 g/mol. The number of nitrogens with zero attached hydrogens (tertiary/aromatic N) is 4. The molecule has 0 saturated carbocycles. The molecule has 66 valence electrons. The van der Waals surface area contributed by atoms with Crippen LogP contribution >= 0.6 is 0 Å². The Balaban J connectivity index is 2.29. The number of amidine groups is 1. The summed E-state index contributed by atoms with van der Waals surface area (Å²) in [4.78, 5) is 7.90. The second-order valence-electron chi connectivity index (χ2n) is 2.73. The molecule has 2 rings (SSSR count). The van der Waals surface area contributed by atoms with Gasteiger partial charge in [0.25, 0.3) is 0 Å². The van der Waals surface area contributed by atoms with Crippen molar-refractivity contribution in [1.82, 2.24) is 9.97 Å². The molecule has 0 atom stereocenters. The van der Waals surface area contributed by atoms with Gasteiger partial charge in [0.15, 0.2) is 0 Å². The van der Waals surface area contributed by atoms with E-state index in [0.717, 1.165) is 24.2 Å². The second kappa shape index (κ2) is 3.30. The molecule has 0 unspecified atom stereocenters. The SMILES string of the molecule is NC1=NN=C(c2ccncn2)CC1. The molecular formula is C8H9N5. The first-order valence-electron chi connectivity index (χ1n) is 4.01. The highest BCUT2D eigenvalue weighted by atomic mass is 15.2. The number of rotatable bonds is 1. The summed E-state index contributed by atoms with van der Waals surface area (Å²) in [5.41, 5.74) is 7.18. The van der Waals surface area contributed by atoms with Crippen LogP contribution in [0.15, 0.2) is 28.8 Å². The van der Waals surface area contributed by atoms with Crippen molar-refractivity contribution in [3.8, 4) is 0 Å². The fourth-order valence-corrected chi connectivity index (χ4v) is 1.11. The van der Waals surface area contributed by atoms with E-state index in [0.29, 0.717) is 5.84 Å². The molecule has 0 bridgehead atoms. The Morgan fingerprint density at radius 1 is 1.23 bits per heavy atom. The molecule has 0 saturated heterocycles. The Kier molecular flexibility index (Phi) is 1.99. The Morgan fingerprint density at radius 2 is 2.15 bits per heavy atom. The third-order valence-corrected chi connectivity index (χ3v) is 1.79. The van der Waals surface area contributed by atoms with Crippen LogP contribution < -0.4 is 5.73 Å². The molecule has 1 aromatic heterocycles. The van der Waals surface area contributed by atoms with Gasteiger partial charge < -0.3 is 5.73 Å². The molecular weight excluding hydrogens is 166 g/mol. The zero-order chi connectivity index (χ0) is 9.10. The highest BCUT2D eigenvalue weighted by Gasteiger charge is 2.09. The standard InChI is InChI=1S/C8H9N5/c9-8-2-1-7(12-13-8)6-3-4-10-5-11-6/h3-5H,1-2H2,(H2,9,13). The summed E-state index contributed by atoms with van der Waals surface area (Å²) in [6.45, 7) is 0. The van der Waals surface area contributed by atoms with E-state index in [-0.39, 0.29) is 0 Å². The Morgan fingerprint density at radius 3 is 2.77 bits per heavy atom. The molecule has 0 amide bonds. The number of aromatic nitrogens is 2. The van der Waals surface area contributed by atoms with Crippen LogP contribution in [0.4, 0.5) is 0 Å². The molecule has 5 nitrogen and oxygen atoms in total. The molecule has 1 aliphatic rings. The van der Waals surface area contributed by atoms with Crippen LogP contribution in [0.2, 0.25) is 0 Å². The van der Waals surface area contributed by atoms with Gasteiger partial charge in [0, 0.05) is 19.0 Å². The zero-order valence-corrected chi connectivity index (χ0v) is 7.01. The van der Waals surface area contributed by atoms with Crippen LogP contribution in [0.3, 0.4) is 0 Å². The van der Waals surface area contributed by atoms with Crippen molar-refractivity contribution >= 4 is 11.5 Å². The lowest BCUT2D eigenvalue weighted by Gasteiger charge is -2.07. The van der Waals surface area contributed by atoms with E-state index in [1.54, 1.807) is 6.20 Å². The third kappa shape index (κ3) is 1.69. The highest BCUT2D eigenvalue weighted by Crippen LogP contribution is 2.07. The summed E-state index contributed by atoms with van der Waals surface area (Å²) in [7, 11) is 0. The first kappa shape index (κ1) is 7.85. The summed E-state index contributed by atoms with van der Waals surface area (Å²) < 4.78 is 0. The van der Waals surface area contributed by atoms with Gasteiger partial charge in [-0.15, -0.1) is 5.10 Å². The van der Waals surface area contributed by atoms with Crippen molar-refractivity contribution in [1.29, 1.82) is 0 Å². The molecule has 0 radical (unpaired) electrons. The smallest absolute Gasteiger partial charge is 0.122 e. The van der Waals surface area contributed by atoms with Gasteiger partial charge in [0.2, 0.25) is 0 Å². The van der Waals surface area contributed by atoms with Crippen molar-refractivity contribution < 1.29 is 0 Å². The molecule has 0 aromatic carbocycles. The summed E-state index contributed by atoms with van der Waals surface area (Å²) in [6.07, 6.45) is 4.74. The molecule has 5 heteroatoms. The molecule has 2 N–H and O–H groups in total. The number of hydrogen-bond acceptors (Lipinski definition) is 5. The normalized spacial score (nSPS) is 16.3. The third-order valence-electron chi connectivity index (χ3n) is 1.79. The molecule has 2 heterocycles. The van der Waals surface area contributed by atoms with Crippen LogP contribution in [-0.4, -0.2) is 21.5 Å². The summed E-state index contributed by atoms with van der Waals surface area (Å²) in [5.74, 6) is 0.581. The lowest BCUT2D eigenvalue weighted by atomic mass is 10.1. The zero-order valence-electron chi connectivity index (χ0n) is 7.01. The van der Waals surface area contributed by atoms with Gasteiger partial charge in [0.05, 0.1) is 11.4 Å². The number of nitrogens with two attached hydrogens (primary N) is 1. The first-order valence-corrected chi connectivity index (χ1v) is 4.01. The van der Waals surface area contributed by atoms with E-state index in [4.69, 9.17) is 5.73 Å². The van der Waals surface area contributed by atoms with Crippen LogP contribution in [0.5, 0.6) is 0 Å². The summed E-state index contributed by atoms with van der Waals surface area (Å²) >= 11 is 0. The fraction of sp³-hybridized carbons (Fsp3) is 0.250. The quantitative estimate of drug-likeness (QED) is 0.668. The van der Waals surface area contributed by atoms with Crippen LogP contribution in [0.1, 0.15) is 18.5 Å². The van der Waals surface area contributed by atoms with Gasteiger partial charge in [-0.3, -0.25) is 0 Å². The Hall–Kier alpha value is -1.78. The molecule has 1 aliphatic heterocycles. The van der Waals surface area contributed by atoms with Crippen LogP contribution in [0, 0.1) is 0 Å². The van der Waals surface area contributed by atoms with Crippen molar-refractivity contribution in [2.24, 2.45) is 15.9 Å². The maximum atomic E-state index is 5.49. The largest absolute Gasteiger partial charge is 0.386 e. The fourth-order valence-electron chi connectivity index (χ4n) is 1.11. The van der Waals surface area contributed by atoms with Gasteiger partial charge in [-0.05, 0) is 6.07 Å². The van der Waals surface area contributed by atoms with Crippen molar-refractivity contribution in [2.75, 3.05) is 0 Å². The van der Waals surface area contributed by atoms with E-state index < -0.39 is 0 Å². The summed E-state index contributed by atoms with van der Waals surface area (Å²) in [6, 6.07) is 1.82. The van der Waals surface area contributed by atoms with Crippen LogP contribution in [0.25, 0.3) is 0 Å². The summed E-state index contributed by atoms with van der Waals surface area (Å²) in [5, 5.41) is 7.78. The second-order valence-corrected chi connectivity index (χ2v) is 2.73. The lowest BCUT2D eigenvalue weighted by Crippen LogP contribution is -2.18. The average Bonchev–Trinajstić information content (AvgIpc) is 2.20. The topological polar surface area (TPSA) is 76.5 Å². The van der Waals surface area contributed by atoms with Crippen molar-refractivity contribution in [3.63, 3.8) is 0 Å². The van der Waals surface area contributed by atoms with E-state index >= 15 is 0 Å². The van der Waals surface area contributed by atoms with E-state index in [2.05, 4.69) is 20.2 Å². The minimum atomic E-state index is 0.581. The Bertz CT molecular complexity index is 354. The van der Waals surface area contributed by atoms with E-state index in [1.807, 2.05) is 6.07 Å². The number of hydrogen-bond donors (Lipinski definition) is 1. The van der Waals surface area contributed by atoms with Gasteiger partial charge in [-0.1, -0.05) is 0 Å². The van der Waals surface area contributed by atoms with Crippen molar-refractivity contribution in [2.45, 2.75) is 12.8 Å². The van der Waals surface area contributed by atoms with Gasteiger partial charge in [-0.25, -0.2) is 9.97 Å². The minimum absolute atomic E-state index is 0.581. The predicted octanol–water partition coefficient (Wildman–Crippen LogP) is 0.332. The van der Waals surface area contributed by atoms with Crippen LogP contribution in [-0.2, 0) is 0 Å². The molecule has 1 aromatic rings. The minimum Gasteiger partial charge on any atom is -0.386 e. The maximum Gasteiger partial charge on any atom is 0.122 e. The van der Waals surface area contributed by atoms with Gasteiger partial charge >= 0.3 is 0 Å². The van der Waals surface area contributed by atoms with Gasteiger partial charge in [-0.2, -0.15) is 5.10 Å². The molecule has 0 spiro atoms. The Labute approximate surface area is 75.4 Å². The highest BCUT2D eigenvalue weighted by molar-refractivity contribution is 6.02. The van der Waals surface area contributed by atoms with Gasteiger partial charge in [0.1, 0.15) is 12.2 Å². The molecule has 0 aliphatic carbocycles.